The van der Waals surface area contributed by atoms with Crippen LogP contribution < -0.4 is 20.7 Å². The van der Waals surface area contributed by atoms with Gasteiger partial charge in [-0.1, -0.05) is 28.1 Å². The number of piperidine rings is 1. The van der Waals surface area contributed by atoms with Crippen molar-refractivity contribution in [2.45, 2.75) is 18.4 Å². The number of carbonyl (C=O) groups excluding carboxylic acids is 2. The maximum atomic E-state index is 12.4. The van der Waals surface area contributed by atoms with Gasteiger partial charge in [0.25, 0.3) is 0 Å². The fourth-order valence-electron chi connectivity index (χ4n) is 3.00. The first-order valence-corrected chi connectivity index (χ1v) is 9.08. The lowest BCUT2D eigenvalue weighted by molar-refractivity contribution is -0.123. The lowest BCUT2D eigenvalue weighted by Crippen LogP contribution is -2.51. The average molecular weight is 418 g/mol. The lowest BCUT2D eigenvalue weighted by Gasteiger charge is -2.32. The fraction of sp³-hybridized carbons (Fsp3) is 0.263. The van der Waals surface area contributed by atoms with Crippen LogP contribution in [0.1, 0.15) is 17.9 Å². The van der Waals surface area contributed by atoms with Gasteiger partial charge in [-0.05, 0) is 42.0 Å². The standard InChI is InChI=1S/C19H20BrN3O3/c1-26-15-8-2-12(3-9-15)16-11-21-18(24)10-17(16)23-19(25)22-14-6-4-13(20)5-7-14/h2-9,16-17H,10-11H2,1H3,(H,21,24)(H2,22,23,25)/t16?,17-/m0/s1. The molecule has 0 saturated carbocycles. The van der Waals surface area contributed by atoms with Gasteiger partial charge in [0, 0.05) is 35.1 Å². The summed E-state index contributed by atoms with van der Waals surface area (Å²) in [6, 6.07) is 14.4. The molecule has 7 heteroatoms. The second-order valence-corrected chi connectivity index (χ2v) is 7.02. The second kappa shape index (κ2) is 8.23. The van der Waals surface area contributed by atoms with Gasteiger partial charge in [0.2, 0.25) is 5.91 Å². The normalized spacial score (nSPS) is 19.4. The summed E-state index contributed by atoms with van der Waals surface area (Å²) in [7, 11) is 1.62. The summed E-state index contributed by atoms with van der Waals surface area (Å²) in [6.45, 7) is 0.481. The molecular weight excluding hydrogens is 398 g/mol. The summed E-state index contributed by atoms with van der Waals surface area (Å²) in [6.07, 6.45) is 0.241. The molecule has 0 radical (unpaired) electrons. The van der Waals surface area contributed by atoms with Crippen LogP contribution in [0.5, 0.6) is 5.75 Å². The number of methoxy groups -OCH3 is 1. The number of anilines is 1. The van der Waals surface area contributed by atoms with Crippen molar-refractivity contribution >= 4 is 33.6 Å². The Labute approximate surface area is 160 Å². The minimum absolute atomic E-state index is 0.00530. The highest BCUT2D eigenvalue weighted by molar-refractivity contribution is 9.10. The Morgan fingerprint density at radius 3 is 2.50 bits per heavy atom. The molecule has 1 saturated heterocycles. The monoisotopic (exact) mass is 417 g/mol. The third-order valence-corrected chi connectivity index (χ3v) is 4.90. The molecule has 1 aliphatic rings. The first-order chi connectivity index (χ1) is 12.5. The van der Waals surface area contributed by atoms with Crippen LogP contribution in [0.2, 0.25) is 0 Å². The van der Waals surface area contributed by atoms with Gasteiger partial charge in [0.05, 0.1) is 7.11 Å². The number of hydrogen-bond acceptors (Lipinski definition) is 3. The van der Waals surface area contributed by atoms with Gasteiger partial charge in [0.1, 0.15) is 5.75 Å². The summed E-state index contributed by atoms with van der Waals surface area (Å²) in [5.74, 6) is 0.698. The summed E-state index contributed by atoms with van der Waals surface area (Å²) in [5, 5.41) is 8.61. The number of nitrogens with one attached hydrogen (secondary N) is 3. The van der Waals surface area contributed by atoms with Crippen LogP contribution in [-0.2, 0) is 4.79 Å². The number of amides is 3. The number of halogens is 1. The molecule has 0 aromatic heterocycles. The van der Waals surface area contributed by atoms with Gasteiger partial charge in [-0.3, -0.25) is 4.79 Å². The first-order valence-electron chi connectivity index (χ1n) is 8.29. The summed E-state index contributed by atoms with van der Waals surface area (Å²) >= 11 is 3.36. The summed E-state index contributed by atoms with van der Waals surface area (Å²) < 4.78 is 6.12. The largest absolute Gasteiger partial charge is 0.497 e. The van der Waals surface area contributed by atoms with Crippen molar-refractivity contribution in [3.8, 4) is 5.75 Å². The van der Waals surface area contributed by atoms with E-state index in [2.05, 4.69) is 31.9 Å². The van der Waals surface area contributed by atoms with Crippen LogP contribution >= 0.6 is 15.9 Å². The van der Waals surface area contributed by atoms with E-state index in [0.29, 0.717) is 12.2 Å². The molecule has 26 heavy (non-hydrogen) atoms. The molecule has 1 fully saturated rings. The quantitative estimate of drug-likeness (QED) is 0.713. The Hall–Kier alpha value is -2.54. The highest BCUT2D eigenvalue weighted by Crippen LogP contribution is 2.26. The van der Waals surface area contributed by atoms with Gasteiger partial charge in [-0.25, -0.2) is 4.79 Å². The van der Waals surface area contributed by atoms with Crippen LogP contribution in [0.15, 0.2) is 53.0 Å². The predicted octanol–water partition coefficient (Wildman–Crippen LogP) is 3.25. The molecule has 2 atom stereocenters. The van der Waals surface area contributed by atoms with Crippen LogP contribution in [0, 0.1) is 0 Å². The number of urea groups is 1. The predicted molar refractivity (Wildman–Crippen MR) is 103 cm³/mol. The number of rotatable bonds is 4. The van der Waals surface area contributed by atoms with E-state index in [0.717, 1.165) is 15.8 Å². The van der Waals surface area contributed by atoms with Crippen LogP contribution in [0.3, 0.4) is 0 Å². The van der Waals surface area contributed by atoms with Crippen molar-refractivity contribution in [1.82, 2.24) is 10.6 Å². The molecule has 1 aliphatic heterocycles. The van der Waals surface area contributed by atoms with Crippen molar-refractivity contribution in [1.29, 1.82) is 0 Å². The zero-order valence-electron chi connectivity index (χ0n) is 14.3. The van der Waals surface area contributed by atoms with Gasteiger partial charge < -0.3 is 20.7 Å². The van der Waals surface area contributed by atoms with Crippen molar-refractivity contribution in [2.75, 3.05) is 19.0 Å². The van der Waals surface area contributed by atoms with Crippen LogP contribution in [0.4, 0.5) is 10.5 Å². The van der Waals surface area contributed by atoms with E-state index in [9.17, 15) is 9.59 Å². The third-order valence-electron chi connectivity index (χ3n) is 4.37. The Kier molecular flexibility index (Phi) is 5.78. The minimum atomic E-state index is -0.328. The topological polar surface area (TPSA) is 79.5 Å². The van der Waals surface area contributed by atoms with Crippen LogP contribution in [-0.4, -0.2) is 31.6 Å². The van der Waals surface area contributed by atoms with E-state index in [1.807, 2.05) is 36.4 Å². The minimum Gasteiger partial charge on any atom is -0.497 e. The molecule has 136 valence electrons. The maximum Gasteiger partial charge on any atom is 0.319 e. The smallest absolute Gasteiger partial charge is 0.319 e. The Morgan fingerprint density at radius 2 is 1.85 bits per heavy atom. The molecule has 2 aromatic rings. The molecule has 2 aromatic carbocycles. The molecule has 3 rings (SSSR count). The fourth-order valence-corrected chi connectivity index (χ4v) is 3.27. The highest BCUT2D eigenvalue weighted by Gasteiger charge is 2.31. The van der Waals surface area contributed by atoms with Crippen molar-refractivity contribution in [3.63, 3.8) is 0 Å². The Morgan fingerprint density at radius 1 is 1.15 bits per heavy atom. The van der Waals surface area contributed by atoms with Crippen molar-refractivity contribution in [3.05, 3.63) is 58.6 Å². The van der Waals surface area contributed by atoms with Gasteiger partial charge in [0.15, 0.2) is 0 Å². The highest BCUT2D eigenvalue weighted by atomic mass is 79.9. The number of hydrogen-bond donors (Lipinski definition) is 3. The van der Waals surface area contributed by atoms with E-state index < -0.39 is 0 Å². The van der Waals surface area contributed by atoms with Gasteiger partial charge in [-0.2, -0.15) is 0 Å². The molecular formula is C19H20BrN3O3. The van der Waals surface area contributed by atoms with Crippen molar-refractivity contribution < 1.29 is 14.3 Å². The van der Waals surface area contributed by atoms with E-state index in [-0.39, 0.29) is 30.3 Å². The van der Waals surface area contributed by atoms with E-state index in [1.165, 1.54) is 0 Å². The molecule has 0 spiro atoms. The van der Waals surface area contributed by atoms with Crippen LogP contribution in [0.25, 0.3) is 0 Å². The number of ether oxygens (including phenoxy) is 1. The molecule has 1 unspecified atom stereocenters. The summed E-state index contributed by atoms with van der Waals surface area (Å²) in [5.41, 5.74) is 1.73. The molecule has 3 amide bonds. The van der Waals surface area contributed by atoms with E-state index >= 15 is 0 Å². The van der Waals surface area contributed by atoms with E-state index in [4.69, 9.17) is 4.74 Å². The maximum absolute atomic E-state index is 12.4. The lowest BCUT2D eigenvalue weighted by atomic mass is 9.86. The molecule has 1 heterocycles. The van der Waals surface area contributed by atoms with Gasteiger partial charge in [-0.15, -0.1) is 0 Å². The number of carbonyl (C=O) groups is 2. The molecule has 3 N–H and O–H groups in total. The average Bonchev–Trinajstić information content (AvgIpc) is 2.64. The molecule has 0 aliphatic carbocycles. The summed E-state index contributed by atoms with van der Waals surface area (Å²) in [4.78, 5) is 24.2. The number of benzene rings is 2. The van der Waals surface area contributed by atoms with Crippen molar-refractivity contribution in [2.24, 2.45) is 0 Å². The Balaban J connectivity index is 1.70. The van der Waals surface area contributed by atoms with E-state index in [1.54, 1.807) is 19.2 Å². The Bertz CT molecular complexity index is 778. The first kappa shape index (κ1) is 18.3. The van der Waals surface area contributed by atoms with Gasteiger partial charge >= 0.3 is 6.03 Å². The molecule has 0 bridgehead atoms. The zero-order valence-corrected chi connectivity index (χ0v) is 15.9. The SMILES string of the molecule is COc1ccc(C2CNC(=O)C[C@@H]2NC(=O)Nc2ccc(Br)cc2)cc1. The third kappa shape index (κ3) is 4.54. The second-order valence-electron chi connectivity index (χ2n) is 6.10. The zero-order chi connectivity index (χ0) is 18.5. The molecule has 6 nitrogen and oxygen atoms in total.